The summed E-state index contributed by atoms with van der Waals surface area (Å²) >= 11 is 5.94. The first-order valence-electron chi connectivity index (χ1n) is 9.26. The van der Waals surface area contributed by atoms with E-state index in [-0.39, 0.29) is 28.3 Å². The molecule has 1 aliphatic heterocycles. The number of halogens is 4. The maximum atomic E-state index is 12.8. The molecule has 0 atom stereocenters. The third-order valence-corrected chi connectivity index (χ3v) is 5.19. The average Bonchev–Trinajstić information content (AvgIpc) is 3.16. The van der Waals surface area contributed by atoms with Crippen LogP contribution in [0, 0.1) is 0 Å². The van der Waals surface area contributed by atoms with Crippen molar-refractivity contribution in [3.05, 3.63) is 53.1 Å². The smallest absolute Gasteiger partial charge is 0.422 e. The van der Waals surface area contributed by atoms with Crippen molar-refractivity contribution in [3.8, 4) is 5.88 Å². The van der Waals surface area contributed by atoms with Crippen molar-refractivity contribution >= 4 is 23.2 Å². The number of carbonyl (C=O) groups is 1. The van der Waals surface area contributed by atoms with Crippen LogP contribution in [0.2, 0.25) is 5.02 Å². The Hall–Kier alpha value is -2.88. The zero-order valence-corrected chi connectivity index (χ0v) is 16.4. The number of carbonyl (C=O) groups excluding carboxylic acids is 1. The van der Waals surface area contributed by atoms with E-state index in [1.165, 1.54) is 12.3 Å². The van der Waals surface area contributed by atoms with Crippen molar-refractivity contribution in [2.75, 3.05) is 19.7 Å². The quantitative estimate of drug-likeness (QED) is 0.619. The summed E-state index contributed by atoms with van der Waals surface area (Å²) in [6, 6.07) is 6.97. The highest BCUT2D eigenvalue weighted by molar-refractivity contribution is 6.32. The lowest BCUT2D eigenvalue weighted by Gasteiger charge is -2.31. The molecular weight excluding hydrogens is 423 g/mol. The molecule has 4 heterocycles. The predicted octanol–water partition coefficient (Wildman–Crippen LogP) is 3.74. The summed E-state index contributed by atoms with van der Waals surface area (Å²) in [5.41, 5.74) is 0.977. The molecule has 1 saturated heterocycles. The fourth-order valence-electron chi connectivity index (χ4n) is 3.46. The average molecular weight is 440 g/mol. The van der Waals surface area contributed by atoms with Crippen molar-refractivity contribution in [3.63, 3.8) is 0 Å². The van der Waals surface area contributed by atoms with E-state index in [1.807, 2.05) is 28.8 Å². The Bertz CT molecular complexity index is 1060. The first kappa shape index (κ1) is 20.4. The van der Waals surface area contributed by atoms with Crippen molar-refractivity contribution in [2.24, 2.45) is 0 Å². The summed E-state index contributed by atoms with van der Waals surface area (Å²) < 4.78 is 43.3. The number of amides is 1. The van der Waals surface area contributed by atoms with Crippen LogP contribution in [0.1, 0.15) is 34.9 Å². The Kier molecular flexibility index (Phi) is 5.50. The van der Waals surface area contributed by atoms with Gasteiger partial charge in [0.25, 0.3) is 5.91 Å². The summed E-state index contributed by atoms with van der Waals surface area (Å²) in [5, 5.41) is 8.32. The second-order valence-corrected chi connectivity index (χ2v) is 7.38. The monoisotopic (exact) mass is 439 g/mol. The molecule has 0 unspecified atom stereocenters. The van der Waals surface area contributed by atoms with Gasteiger partial charge in [0.2, 0.25) is 5.88 Å². The summed E-state index contributed by atoms with van der Waals surface area (Å²) in [6.45, 7) is -0.484. The van der Waals surface area contributed by atoms with Crippen LogP contribution in [-0.4, -0.2) is 56.3 Å². The number of piperidine rings is 1. The molecule has 0 bridgehead atoms. The Labute approximate surface area is 174 Å². The minimum Gasteiger partial charge on any atom is -0.467 e. The number of ether oxygens (including phenoxy) is 1. The van der Waals surface area contributed by atoms with Gasteiger partial charge in [-0.25, -0.2) is 4.98 Å². The van der Waals surface area contributed by atoms with Crippen LogP contribution >= 0.6 is 11.6 Å². The van der Waals surface area contributed by atoms with E-state index in [0.29, 0.717) is 13.1 Å². The van der Waals surface area contributed by atoms with E-state index in [9.17, 15) is 18.0 Å². The number of alkyl halides is 3. The summed E-state index contributed by atoms with van der Waals surface area (Å²) in [7, 11) is 0. The van der Waals surface area contributed by atoms with Crippen LogP contribution in [0.3, 0.4) is 0 Å². The maximum Gasteiger partial charge on any atom is 0.422 e. The molecule has 11 heteroatoms. The van der Waals surface area contributed by atoms with E-state index < -0.39 is 12.8 Å². The van der Waals surface area contributed by atoms with Gasteiger partial charge in [0.05, 0.1) is 5.56 Å². The van der Waals surface area contributed by atoms with Gasteiger partial charge in [0.1, 0.15) is 10.8 Å². The zero-order chi connectivity index (χ0) is 21.3. The number of likely N-dealkylation sites (tertiary alicyclic amines) is 1. The van der Waals surface area contributed by atoms with Crippen LogP contribution in [0.25, 0.3) is 5.65 Å². The van der Waals surface area contributed by atoms with E-state index in [1.54, 1.807) is 4.90 Å². The molecule has 1 fully saturated rings. The molecule has 4 rings (SSSR count). The van der Waals surface area contributed by atoms with Gasteiger partial charge >= 0.3 is 6.18 Å². The van der Waals surface area contributed by atoms with Crippen LogP contribution in [0.15, 0.2) is 36.7 Å². The predicted molar refractivity (Wildman–Crippen MR) is 102 cm³/mol. The van der Waals surface area contributed by atoms with Gasteiger partial charge < -0.3 is 9.64 Å². The number of fused-ring (bicyclic) bond motifs is 1. The van der Waals surface area contributed by atoms with Gasteiger partial charge in [-0.15, -0.1) is 10.2 Å². The number of nitrogens with zero attached hydrogens (tertiary/aromatic N) is 5. The van der Waals surface area contributed by atoms with E-state index in [2.05, 4.69) is 19.9 Å². The second kappa shape index (κ2) is 8.10. The van der Waals surface area contributed by atoms with Crippen molar-refractivity contribution < 1.29 is 22.7 Å². The molecule has 0 aliphatic carbocycles. The highest BCUT2D eigenvalue weighted by atomic mass is 35.5. The first-order valence-corrected chi connectivity index (χ1v) is 9.63. The fraction of sp³-hybridized carbons (Fsp3) is 0.368. The number of rotatable bonds is 4. The van der Waals surface area contributed by atoms with Gasteiger partial charge in [-0.1, -0.05) is 17.7 Å². The SMILES string of the molecule is O=C(c1cnc(OCC(F)(F)F)c(Cl)c1)N1CCC(c2nnc3ccccn23)CC1. The highest BCUT2D eigenvalue weighted by Gasteiger charge is 2.30. The molecular formula is C19H17ClF3N5O2. The molecule has 0 spiro atoms. The van der Waals surface area contributed by atoms with E-state index >= 15 is 0 Å². The Morgan fingerprint density at radius 3 is 2.70 bits per heavy atom. The lowest BCUT2D eigenvalue weighted by atomic mass is 9.95. The summed E-state index contributed by atoms with van der Waals surface area (Å²) in [6.07, 6.45) is 0.0284. The van der Waals surface area contributed by atoms with Crippen LogP contribution in [-0.2, 0) is 0 Å². The zero-order valence-electron chi connectivity index (χ0n) is 15.6. The number of pyridine rings is 2. The van der Waals surface area contributed by atoms with Gasteiger partial charge in [-0.2, -0.15) is 13.2 Å². The fourth-order valence-corrected chi connectivity index (χ4v) is 3.68. The largest absolute Gasteiger partial charge is 0.467 e. The van der Waals surface area contributed by atoms with Gasteiger partial charge in [0.15, 0.2) is 12.3 Å². The number of hydrogen-bond acceptors (Lipinski definition) is 5. The van der Waals surface area contributed by atoms with Crippen LogP contribution < -0.4 is 4.74 Å². The molecule has 3 aromatic heterocycles. The molecule has 3 aromatic rings. The highest BCUT2D eigenvalue weighted by Crippen LogP contribution is 2.29. The Balaban J connectivity index is 1.40. The third kappa shape index (κ3) is 4.33. The summed E-state index contributed by atoms with van der Waals surface area (Å²) in [4.78, 5) is 18.2. The topological polar surface area (TPSA) is 72.6 Å². The van der Waals surface area contributed by atoms with Gasteiger partial charge in [-0.05, 0) is 31.0 Å². The van der Waals surface area contributed by atoms with Crippen LogP contribution in [0.5, 0.6) is 5.88 Å². The lowest BCUT2D eigenvalue weighted by Crippen LogP contribution is -2.38. The summed E-state index contributed by atoms with van der Waals surface area (Å²) in [5.74, 6) is 0.402. The van der Waals surface area contributed by atoms with Gasteiger partial charge in [-0.3, -0.25) is 9.20 Å². The minimum absolute atomic E-state index is 0.144. The Morgan fingerprint density at radius 2 is 2.00 bits per heavy atom. The second-order valence-electron chi connectivity index (χ2n) is 6.97. The molecule has 0 aromatic carbocycles. The van der Waals surface area contributed by atoms with Crippen molar-refractivity contribution in [2.45, 2.75) is 24.9 Å². The number of hydrogen-bond donors (Lipinski definition) is 0. The standard InChI is InChI=1S/C19H17ClF3N5O2/c20-14-9-13(10-24-17(14)30-11-19(21,22)23)18(29)27-7-4-12(5-8-27)16-26-25-15-3-1-2-6-28(15)16/h1-3,6,9-10,12H,4-5,7-8,11H2. The lowest BCUT2D eigenvalue weighted by molar-refractivity contribution is -0.154. The molecule has 158 valence electrons. The maximum absolute atomic E-state index is 12.8. The first-order chi connectivity index (χ1) is 14.3. The molecule has 0 N–H and O–H groups in total. The number of aromatic nitrogens is 4. The minimum atomic E-state index is -4.50. The molecule has 1 aliphatic rings. The normalized spacial score (nSPS) is 15.5. The Morgan fingerprint density at radius 1 is 1.23 bits per heavy atom. The molecule has 7 nitrogen and oxygen atoms in total. The van der Waals surface area contributed by atoms with Gasteiger partial charge in [0, 0.05) is 31.4 Å². The molecule has 0 saturated carbocycles. The van der Waals surface area contributed by atoms with E-state index in [0.717, 1.165) is 24.3 Å². The molecule has 0 radical (unpaired) electrons. The van der Waals surface area contributed by atoms with Crippen molar-refractivity contribution in [1.82, 2.24) is 24.5 Å². The molecule has 30 heavy (non-hydrogen) atoms. The van der Waals surface area contributed by atoms with Crippen molar-refractivity contribution in [1.29, 1.82) is 0 Å². The third-order valence-electron chi connectivity index (χ3n) is 4.91. The van der Waals surface area contributed by atoms with E-state index in [4.69, 9.17) is 11.6 Å². The molecule has 1 amide bonds. The van der Waals surface area contributed by atoms with Crippen LogP contribution in [0.4, 0.5) is 13.2 Å².